The fourth-order valence-corrected chi connectivity index (χ4v) is 1.87. The first-order valence-corrected chi connectivity index (χ1v) is 5.84. The van der Waals surface area contributed by atoms with E-state index in [2.05, 4.69) is 24.0 Å². The van der Waals surface area contributed by atoms with E-state index in [4.69, 9.17) is 14.7 Å². The van der Waals surface area contributed by atoms with Crippen molar-refractivity contribution in [1.29, 1.82) is 0 Å². The third-order valence-corrected chi connectivity index (χ3v) is 3.37. The van der Waals surface area contributed by atoms with Gasteiger partial charge in [0.1, 0.15) is 0 Å². The van der Waals surface area contributed by atoms with Gasteiger partial charge in [0, 0.05) is 6.54 Å². The minimum Gasteiger partial charge on any atom is -0.461 e. The molecule has 2 heterocycles. The van der Waals surface area contributed by atoms with Crippen molar-refractivity contribution < 1.29 is 8.94 Å². The van der Waals surface area contributed by atoms with Crippen molar-refractivity contribution in [2.75, 3.05) is 6.54 Å². The first kappa shape index (κ1) is 11.9. The van der Waals surface area contributed by atoms with Crippen LogP contribution < -0.4 is 5.73 Å². The summed E-state index contributed by atoms with van der Waals surface area (Å²) >= 11 is 0. The quantitative estimate of drug-likeness (QED) is 0.860. The van der Waals surface area contributed by atoms with Crippen LogP contribution in [0.15, 0.2) is 27.3 Å². The average molecular weight is 235 g/mol. The molecule has 0 aliphatic rings. The van der Waals surface area contributed by atoms with E-state index >= 15 is 0 Å². The molecular formula is C12H17N3O2. The van der Waals surface area contributed by atoms with Crippen LogP contribution in [0.1, 0.15) is 32.6 Å². The van der Waals surface area contributed by atoms with Crippen LogP contribution in [0.2, 0.25) is 0 Å². The Labute approximate surface area is 100.0 Å². The second-order valence-electron chi connectivity index (χ2n) is 4.09. The lowest BCUT2D eigenvalue weighted by molar-refractivity contribution is 0.267. The number of aromatic nitrogens is 2. The number of hydrogen-bond donors (Lipinski definition) is 1. The van der Waals surface area contributed by atoms with Gasteiger partial charge in [-0.1, -0.05) is 19.0 Å². The number of nitrogens with zero attached hydrogens (tertiary/aromatic N) is 2. The van der Waals surface area contributed by atoms with E-state index in [1.54, 1.807) is 18.4 Å². The topological polar surface area (TPSA) is 78.1 Å². The highest BCUT2D eigenvalue weighted by molar-refractivity contribution is 5.45. The molecule has 0 unspecified atom stereocenters. The standard InChI is InChI=1S/C12H17N3O2/c1-3-12(4-2,8-13)11-14-10(15-17-11)9-6-5-7-16-9/h5-7H,3-4,8,13H2,1-2H3. The lowest BCUT2D eigenvalue weighted by Crippen LogP contribution is -2.34. The second kappa shape index (κ2) is 4.71. The van der Waals surface area contributed by atoms with E-state index in [1.807, 2.05) is 0 Å². The van der Waals surface area contributed by atoms with Crippen molar-refractivity contribution in [3.8, 4) is 11.6 Å². The summed E-state index contributed by atoms with van der Waals surface area (Å²) in [6.45, 7) is 4.65. The van der Waals surface area contributed by atoms with Crippen molar-refractivity contribution in [2.45, 2.75) is 32.1 Å². The van der Waals surface area contributed by atoms with Gasteiger partial charge in [-0.25, -0.2) is 0 Å². The van der Waals surface area contributed by atoms with Crippen LogP contribution in [0.5, 0.6) is 0 Å². The van der Waals surface area contributed by atoms with Crippen LogP contribution in [0, 0.1) is 0 Å². The summed E-state index contributed by atoms with van der Waals surface area (Å²) in [5.41, 5.74) is 5.61. The lowest BCUT2D eigenvalue weighted by atomic mass is 9.82. The Balaban J connectivity index is 2.35. The zero-order valence-electron chi connectivity index (χ0n) is 10.1. The molecular weight excluding hydrogens is 218 g/mol. The molecule has 0 aliphatic heterocycles. The number of rotatable bonds is 5. The number of hydrogen-bond acceptors (Lipinski definition) is 5. The summed E-state index contributed by atoms with van der Waals surface area (Å²) in [6, 6.07) is 3.60. The number of furan rings is 1. The molecule has 2 N–H and O–H groups in total. The van der Waals surface area contributed by atoms with E-state index in [9.17, 15) is 0 Å². The average Bonchev–Trinajstić information content (AvgIpc) is 3.03. The third-order valence-electron chi connectivity index (χ3n) is 3.37. The Morgan fingerprint density at radius 3 is 2.65 bits per heavy atom. The molecule has 0 atom stereocenters. The molecule has 0 fully saturated rings. The van der Waals surface area contributed by atoms with E-state index < -0.39 is 0 Å². The van der Waals surface area contributed by atoms with Crippen molar-refractivity contribution in [3.05, 3.63) is 24.3 Å². The monoisotopic (exact) mass is 235 g/mol. The van der Waals surface area contributed by atoms with E-state index in [-0.39, 0.29) is 5.41 Å². The Bertz CT molecular complexity index is 450. The molecule has 0 amide bonds. The maximum Gasteiger partial charge on any atom is 0.238 e. The molecule has 0 spiro atoms. The van der Waals surface area contributed by atoms with E-state index in [0.29, 0.717) is 24.0 Å². The molecule has 5 heteroatoms. The fraction of sp³-hybridized carbons (Fsp3) is 0.500. The molecule has 0 saturated carbocycles. The zero-order valence-corrected chi connectivity index (χ0v) is 10.1. The Morgan fingerprint density at radius 2 is 2.12 bits per heavy atom. The predicted molar refractivity (Wildman–Crippen MR) is 63.3 cm³/mol. The first-order valence-electron chi connectivity index (χ1n) is 5.84. The zero-order chi connectivity index (χ0) is 12.3. The van der Waals surface area contributed by atoms with E-state index in [1.165, 1.54) is 0 Å². The molecule has 2 rings (SSSR count). The van der Waals surface area contributed by atoms with Gasteiger partial charge < -0.3 is 14.7 Å². The normalized spacial score (nSPS) is 11.9. The summed E-state index contributed by atoms with van der Waals surface area (Å²) in [5.74, 6) is 1.68. The highest BCUT2D eigenvalue weighted by Crippen LogP contribution is 2.30. The summed E-state index contributed by atoms with van der Waals surface area (Å²) in [5, 5.41) is 3.93. The van der Waals surface area contributed by atoms with Crippen molar-refractivity contribution in [3.63, 3.8) is 0 Å². The van der Waals surface area contributed by atoms with Crippen molar-refractivity contribution in [2.24, 2.45) is 5.73 Å². The van der Waals surface area contributed by atoms with Gasteiger partial charge >= 0.3 is 0 Å². The van der Waals surface area contributed by atoms with Crippen LogP contribution in [-0.2, 0) is 5.41 Å². The second-order valence-corrected chi connectivity index (χ2v) is 4.09. The van der Waals surface area contributed by atoms with Gasteiger partial charge in [-0.15, -0.1) is 0 Å². The summed E-state index contributed by atoms with van der Waals surface area (Å²) < 4.78 is 10.6. The van der Waals surface area contributed by atoms with Gasteiger partial charge in [0.25, 0.3) is 0 Å². The molecule has 0 bridgehead atoms. The fourth-order valence-electron chi connectivity index (χ4n) is 1.87. The molecule has 2 aromatic rings. The van der Waals surface area contributed by atoms with Crippen LogP contribution >= 0.6 is 0 Å². The van der Waals surface area contributed by atoms with Crippen molar-refractivity contribution >= 4 is 0 Å². The van der Waals surface area contributed by atoms with Gasteiger partial charge in [-0.3, -0.25) is 0 Å². The van der Waals surface area contributed by atoms with Crippen LogP contribution in [0.4, 0.5) is 0 Å². The molecule has 0 radical (unpaired) electrons. The Hall–Kier alpha value is -1.62. The molecule has 17 heavy (non-hydrogen) atoms. The van der Waals surface area contributed by atoms with E-state index in [0.717, 1.165) is 12.8 Å². The third kappa shape index (κ3) is 1.98. The van der Waals surface area contributed by atoms with Gasteiger partial charge in [0.05, 0.1) is 11.7 Å². The van der Waals surface area contributed by atoms with Gasteiger partial charge in [0.15, 0.2) is 5.76 Å². The number of nitrogens with two attached hydrogens (primary N) is 1. The highest BCUT2D eigenvalue weighted by atomic mass is 16.5. The molecule has 2 aromatic heterocycles. The molecule has 0 aromatic carbocycles. The van der Waals surface area contributed by atoms with Gasteiger partial charge in [-0.2, -0.15) is 4.98 Å². The maximum atomic E-state index is 5.84. The molecule has 92 valence electrons. The minimum absolute atomic E-state index is 0.224. The van der Waals surface area contributed by atoms with Crippen LogP contribution in [0.3, 0.4) is 0 Å². The maximum absolute atomic E-state index is 5.84. The Kier molecular flexibility index (Phi) is 3.28. The van der Waals surface area contributed by atoms with Gasteiger partial charge in [-0.05, 0) is 25.0 Å². The summed E-state index contributed by atoms with van der Waals surface area (Å²) in [7, 11) is 0. The first-order chi connectivity index (χ1) is 8.25. The predicted octanol–water partition coefficient (Wildman–Crippen LogP) is 2.35. The smallest absolute Gasteiger partial charge is 0.238 e. The summed E-state index contributed by atoms with van der Waals surface area (Å²) in [4.78, 5) is 4.39. The summed E-state index contributed by atoms with van der Waals surface area (Å²) in [6.07, 6.45) is 3.33. The van der Waals surface area contributed by atoms with Gasteiger partial charge in [0.2, 0.25) is 11.7 Å². The SMILES string of the molecule is CCC(CC)(CN)c1nc(-c2ccco2)no1. The lowest BCUT2D eigenvalue weighted by Gasteiger charge is -2.24. The van der Waals surface area contributed by atoms with Crippen LogP contribution in [-0.4, -0.2) is 16.7 Å². The molecule has 0 saturated heterocycles. The minimum atomic E-state index is -0.224. The Morgan fingerprint density at radius 1 is 1.35 bits per heavy atom. The highest BCUT2D eigenvalue weighted by Gasteiger charge is 2.33. The largest absolute Gasteiger partial charge is 0.461 e. The molecule has 0 aliphatic carbocycles. The van der Waals surface area contributed by atoms with Crippen LogP contribution in [0.25, 0.3) is 11.6 Å². The molecule has 5 nitrogen and oxygen atoms in total. The van der Waals surface area contributed by atoms with Crippen molar-refractivity contribution in [1.82, 2.24) is 10.1 Å².